The highest BCUT2D eigenvalue weighted by atomic mass is 14.2. The first kappa shape index (κ1) is 9.73. The number of fused-ring (bicyclic) bond motifs is 1. The van der Waals surface area contributed by atoms with Crippen LogP contribution in [0.2, 0.25) is 0 Å². The Hall–Kier alpha value is -1.81. The molecule has 1 heteroatoms. The summed E-state index contributed by atoms with van der Waals surface area (Å²) in [6.45, 7) is 2.13. The zero-order chi connectivity index (χ0) is 10.7. The number of benzene rings is 2. The second kappa shape index (κ2) is 4.14. The molecule has 0 saturated heterocycles. The fourth-order valence-electron chi connectivity index (χ4n) is 1.93. The molecule has 0 aliphatic rings. The fourth-order valence-corrected chi connectivity index (χ4v) is 1.93. The van der Waals surface area contributed by atoms with Gasteiger partial charge in [-0.2, -0.15) is 5.26 Å². The van der Waals surface area contributed by atoms with E-state index in [1.54, 1.807) is 0 Å². The van der Waals surface area contributed by atoms with Crippen LogP contribution in [0.5, 0.6) is 0 Å². The molecule has 0 atom stereocenters. The molecule has 0 unspecified atom stereocenters. The van der Waals surface area contributed by atoms with Crippen molar-refractivity contribution in [2.75, 3.05) is 0 Å². The lowest BCUT2D eigenvalue weighted by molar-refractivity contribution is 1.00. The highest BCUT2D eigenvalue weighted by Gasteiger charge is 2.02. The van der Waals surface area contributed by atoms with Gasteiger partial charge < -0.3 is 0 Å². The molecule has 0 heterocycles. The number of rotatable bonds is 2. The SMILES string of the molecule is Cc1c(CCC#N)ccc2ccccc12. The number of hydrogen-bond donors (Lipinski definition) is 0. The second-order valence-electron chi connectivity index (χ2n) is 3.73. The van der Waals surface area contributed by atoms with E-state index in [9.17, 15) is 0 Å². The standard InChI is InChI=1S/C14H13N/c1-11-12(6-4-10-15)8-9-13-5-2-3-7-14(11)13/h2-3,5,7-9H,4,6H2,1H3. The Morgan fingerprint density at radius 2 is 1.93 bits per heavy atom. The first-order valence-electron chi connectivity index (χ1n) is 5.17. The molecule has 2 aromatic rings. The van der Waals surface area contributed by atoms with Crippen LogP contribution in [-0.2, 0) is 6.42 Å². The number of nitriles is 1. The van der Waals surface area contributed by atoms with Gasteiger partial charge in [-0.05, 0) is 35.2 Å². The summed E-state index contributed by atoms with van der Waals surface area (Å²) in [4.78, 5) is 0. The lowest BCUT2D eigenvalue weighted by atomic mass is 9.97. The molecule has 2 aromatic carbocycles. The maximum Gasteiger partial charge on any atom is 0.0625 e. The van der Waals surface area contributed by atoms with E-state index in [1.165, 1.54) is 21.9 Å². The van der Waals surface area contributed by atoms with Crippen molar-refractivity contribution in [3.05, 3.63) is 47.5 Å². The molecule has 74 valence electrons. The molecule has 0 fully saturated rings. The second-order valence-corrected chi connectivity index (χ2v) is 3.73. The van der Waals surface area contributed by atoms with E-state index in [4.69, 9.17) is 5.26 Å². The molecule has 0 N–H and O–H groups in total. The third-order valence-electron chi connectivity index (χ3n) is 2.82. The summed E-state index contributed by atoms with van der Waals surface area (Å²) < 4.78 is 0. The quantitative estimate of drug-likeness (QED) is 0.718. The van der Waals surface area contributed by atoms with E-state index in [0.29, 0.717) is 6.42 Å². The summed E-state index contributed by atoms with van der Waals surface area (Å²) in [6, 6.07) is 14.8. The summed E-state index contributed by atoms with van der Waals surface area (Å²) in [5, 5.41) is 11.2. The largest absolute Gasteiger partial charge is 0.198 e. The van der Waals surface area contributed by atoms with Crippen LogP contribution in [0.4, 0.5) is 0 Å². The van der Waals surface area contributed by atoms with Gasteiger partial charge in [-0.15, -0.1) is 0 Å². The molecule has 0 aliphatic heterocycles. The first-order chi connectivity index (χ1) is 7.33. The van der Waals surface area contributed by atoms with E-state index < -0.39 is 0 Å². The molecule has 1 nitrogen and oxygen atoms in total. The molecular formula is C14H13N. The van der Waals surface area contributed by atoms with Gasteiger partial charge in [-0.3, -0.25) is 0 Å². The van der Waals surface area contributed by atoms with E-state index in [-0.39, 0.29) is 0 Å². The molecule has 0 spiro atoms. The van der Waals surface area contributed by atoms with Gasteiger partial charge in [0.05, 0.1) is 6.07 Å². The maximum absolute atomic E-state index is 8.58. The van der Waals surface area contributed by atoms with E-state index in [0.717, 1.165) is 6.42 Å². The van der Waals surface area contributed by atoms with Crippen LogP contribution in [-0.4, -0.2) is 0 Å². The molecule has 15 heavy (non-hydrogen) atoms. The third-order valence-corrected chi connectivity index (χ3v) is 2.82. The Kier molecular flexibility index (Phi) is 2.69. The van der Waals surface area contributed by atoms with Crippen LogP contribution in [0, 0.1) is 18.3 Å². The lowest BCUT2D eigenvalue weighted by Gasteiger charge is -2.07. The van der Waals surface area contributed by atoms with Crippen molar-refractivity contribution < 1.29 is 0 Å². The number of nitrogens with zero attached hydrogens (tertiary/aromatic N) is 1. The highest BCUT2D eigenvalue weighted by molar-refractivity contribution is 5.86. The minimum atomic E-state index is 0.596. The summed E-state index contributed by atoms with van der Waals surface area (Å²) in [5.41, 5.74) is 2.60. The molecular weight excluding hydrogens is 182 g/mol. The Bertz CT molecular complexity index is 520. The fraction of sp³-hybridized carbons (Fsp3) is 0.214. The average Bonchev–Trinajstić information content (AvgIpc) is 2.29. The summed E-state index contributed by atoms with van der Waals surface area (Å²) >= 11 is 0. The highest BCUT2D eigenvalue weighted by Crippen LogP contribution is 2.22. The number of hydrogen-bond acceptors (Lipinski definition) is 1. The van der Waals surface area contributed by atoms with Crippen LogP contribution in [0.15, 0.2) is 36.4 Å². The van der Waals surface area contributed by atoms with E-state index >= 15 is 0 Å². The lowest BCUT2D eigenvalue weighted by Crippen LogP contribution is -1.90. The summed E-state index contributed by atoms with van der Waals surface area (Å²) in [7, 11) is 0. The van der Waals surface area contributed by atoms with Gasteiger partial charge in [0.25, 0.3) is 0 Å². The minimum Gasteiger partial charge on any atom is -0.198 e. The molecule has 0 saturated carbocycles. The van der Waals surface area contributed by atoms with Crippen LogP contribution >= 0.6 is 0 Å². The van der Waals surface area contributed by atoms with Crippen molar-refractivity contribution >= 4 is 10.8 Å². The Morgan fingerprint density at radius 1 is 1.13 bits per heavy atom. The van der Waals surface area contributed by atoms with Gasteiger partial charge >= 0.3 is 0 Å². The molecule has 0 aliphatic carbocycles. The van der Waals surface area contributed by atoms with Gasteiger partial charge in [0.1, 0.15) is 0 Å². The monoisotopic (exact) mass is 195 g/mol. The average molecular weight is 195 g/mol. The third kappa shape index (κ3) is 1.85. The van der Waals surface area contributed by atoms with Crippen LogP contribution < -0.4 is 0 Å². The zero-order valence-corrected chi connectivity index (χ0v) is 8.83. The normalized spacial score (nSPS) is 10.1. The Balaban J connectivity index is 2.51. The number of aryl methyl sites for hydroxylation is 2. The van der Waals surface area contributed by atoms with Crippen molar-refractivity contribution in [2.24, 2.45) is 0 Å². The predicted molar refractivity (Wildman–Crippen MR) is 62.6 cm³/mol. The zero-order valence-electron chi connectivity index (χ0n) is 8.83. The predicted octanol–water partition coefficient (Wildman–Crippen LogP) is 3.60. The van der Waals surface area contributed by atoms with Crippen molar-refractivity contribution in [3.63, 3.8) is 0 Å². The van der Waals surface area contributed by atoms with Crippen molar-refractivity contribution in [2.45, 2.75) is 19.8 Å². The van der Waals surface area contributed by atoms with Gasteiger partial charge in [-0.1, -0.05) is 36.4 Å². The van der Waals surface area contributed by atoms with Crippen LogP contribution in [0.1, 0.15) is 17.5 Å². The Labute approximate surface area is 90.0 Å². The first-order valence-corrected chi connectivity index (χ1v) is 5.17. The minimum absolute atomic E-state index is 0.596. The van der Waals surface area contributed by atoms with Gasteiger partial charge in [-0.25, -0.2) is 0 Å². The molecule has 0 amide bonds. The van der Waals surface area contributed by atoms with Crippen LogP contribution in [0.25, 0.3) is 10.8 Å². The van der Waals surface area contributed by atoms with E-state index in [2.05, 4.69) is 49.4 Å². The molecule has 0 bridgehead atoms. The molecule has 0 radical (unpaired) electrons. The summed E-state index contributed by atoms with van der Waals surface area (Å²) in [5.74, 6) is 0. The van der Waals surface area contributed by atoms with E-state index in [1.807, 2.05) is 0 Å². The van der Waals surface area contributed by atoms with Crippen molar-refractivity contribution in [1.82, 2.24) is 0 Å². The van der Waals surface area contributed by atoms with Gasteiger partial charge in [0.2, 0.25) is 0 Å². The van der Waals surface area contributed by atoms with Gasteiger partial charge in [0.15, 0.2) is 0 Å². The summed E-state index contributed by atoms with van der Waals surface area (Å²) in [6.07, 6.45) is 1.45. The van der Waals surface area contributed by atoms with Crippen LogP contribution in [0.3, 0.4) is 0 Å². The topological polar surface area (TPSA) is 23.8 Å². The smallest absolute Gasteiger partial charge is 0.0625 e. The van der Waals surface area contributed by atoms with Crippen molar-refractivity contribution in [1.29, 1.82) is 5.26 Å². The molecule has 0 aromatic heterocycles. The Morgan fingerprint density at radius 3 is 2.73 bits per heavy atom. The van der Waals surface area contributed by atoms with Crippen molar-refractivity contribution in [3.8, 4) is 6.07 Å². The molecule has 2 rings (SSSR count). The maximum atomic E-state index is 8.58. The van der Waals surface area contributed by atoms with Gasteiger partial charge in [0, 0.05) is 6.42 Å².